The fourth-order valence-electron chi connectivity index (χ4n) is 1.44. The fraction of sp³-hybridized carbons (Fsp3) is 0.333. The van der Waals surface area contributed by atoms with Gasteiger partial charge in [0, 0.05) is 0 Å². The first-order valence-corrected chi connectivity index (χ1v) is 7.24. The smallest absolute Gasteiger partial charge is 0.321 e. The molecule has 5 nitrogen and oxygen atoms in total. The minimum atomic E-state index is -3.70. The van der Waals surface area contributed by atoms with Crippen molar-refractivity contribution in [3.8, 4) is 6.07 Å². The standard InChI is InChI=1S/C12H12FNO4S/c1-2-18-12(15)8-19(16,17)7-9-3-4-11(13)10(5-9)6-14/h3-5H,2,7-8H2,1H3. The maximum Gasteiger partial charge on any atom is 0.321 e. The van der Waals surface area contributed by atoms with Crippen LogP contribution in [0.5, 0.6) is 0 Å². The summed E-state index contributed by atoms with van der Waals surface area (Å²) in [5.41, 5.74) is 0.0195. The van der Waals surface area contributed by atoms with Gasteiger partial charge in [-0.05, 0) is 24.6 Å². The van der Waals surface area contributed by atoms with Crippen molar-refractivity contribution in [2.75, 3.05) is 12.4 Å². The Morgan fingerprint density at radius 1 is 1.47 bits per heavy atom. The van der Waals surface area contributed by atoms with Gasteiger partial charge in [0.25, 0.3) is 0 Å². The van der Waals surface area contributed by atoms with Gasteiger partial charge in [-0.15, -0.1) is 0 Å². The number of halogens is 1. The molecule has 0 aliphatic carbocycles. The number of hydrogen-bond acceptors (Lipinski definition) is 5. The third kappa shape index (κ3) is 4.67. The summed E-state index contributed by atoms with van der Waals surface area (Å²) in [5.74, 6) is -2.72. The van der Waals surface area contributed by atoms with Crippen LogP contribution in [0.3, 0.4) is 0 Å². The average molecular weight is 285 g/mol. The largest absolute Gasteiger partial charge is 0.465 e. The highest BCUT2D eigenvalue weighted by Gasteiger charge is 2.19. The van der Waals surface area contributed by atoms with Gasteiger partial charge in [-0.1, -0.05) is 6.07 Å². The highest BCUT2D eigenvalue weighted by Crippen LogP contribution is 2.13. The first kappa shape index (κ1) is 15.1. The molecule has 0 spiro atoms. The van der Waals surface area contributed by atoms with Gasteiger partial charge in [-0.25, -0.2) is 12.8 Å². The van der Waals surface area contributed by atoms with Crippen molar-refractivity contribution in [2.45, 2.75) is 12.7 Å². The third-order valence-electron chi connectivity index (χ3n) is 2.18. The van der Waals surface area contributed by atoms with Crippen LogP contribution in [0.2, 0.25) is 0 Å². The molecule has 0 atom stereocenters. The summed E-state index contributed by atoms with van der Waals surface area (Å²) in [6, 6.07) is 5.06. The number of nitrogens with zero attached hydrogens (tertiary/aromatic N) is 1. The van der Waals surface area contributed by atoms with Crippen LogP contribution in [-0.4, -0.2) is 26.7 Å². The summed E-state index contributed by atoms with van der Waals surface area (Å²) in [7, 11) is -3.70. The van der Waals surface area contributed by atoms with E-state index < -0.39 is 33.1 Å². The van der Waals surface area contributed by atoms with Gasteiger partial charge in [-0.2, -0.15) is 5.26 Å². The van der Waals surface area contributed by atoms with Crippen LogP contribution in [-0.2, 0) is 25.1 Å². The zero-order chi connectivity index (χ0) is 14.5. The molecule has 0 aromatic heterocycles. The molecule has 0 heterocycles. The van der Waals surface area contributed by atoms with Crippen LogP contribution in [0, 0.1) is 17.1 Å². The van der Waals surface area contributed by atoms with Crippen molar-refractivity contribution in [3.05, 3.63) is 35.1 Å². The van der Waals surface area contributed by atoms with E-state index in [9.17, 15) is 17.6 Å². The van der Waals surface area contributed by atoms with Gasteiger partial charge < -0.3 is 4.74 Å². The Kier molecular flexibility index (Phi) is 5.01. The number of carbonyl (C=O) groups excluding carboxylic acids is 1. The lowest BCUT2D eigenvalue weighted by molar-refractivity contribution is -0.139. The maximum atomic E-state index is 13.1. The molecule has 0 amide bonds. The first-order chi connectivity index (χ1) is 8.88. The molecule has 0 fully saturated rings. The van der Waals surface area contributed by atoms with E-state index in [2.05, 4.69) is 4.74 Å². The lowest BCUT2D eigenvalue weighted by atomic mass is 10.1. The molecular formula is C12H12FNO4S. The monoisotopic (exact) mass is 285 g/mol. The minimum absolute atomic E-state index is 0.101. The first-order valence-electron chi connectivity index (χ1n) is 5.42. The third-order valence-corrected chi connectivity index (χ3v) is 3.63. The molecule has 0 aliphatic rings. The maximum absolute atomic E-state index is 13.1. The number of hydrogen-bond donors (Lipinski definition) is 0. The molecule has 0 aliphatic heterocycles. The van der Waals surface area contributed by atoms with Gasteiger partial charge in [0.1, 0.15) is 17.6 Å². The van der Waals surface area contributed by atoms with Crippen LogP contribution < -0.4 is 0 Å². The number of rotatable bonds is 5. The molecule has 0 saturated carbocycles. The Hall–Kier alpha value is -1.94. The second kappa shape index (κ2) is 6.29. The highest BCUT2D eigenvalue weighted by atomic mass is 32.2. The Morgan fingerprint density at radius 3 is 2.74 bits per heavy atom. The number of nitriles is 1. The fourth-order valence-corrected chi connectivity index (χ4v) is 2.67. The van der Waals surface area contributed by atoms with Crippen molar-refractivity contribution in [1.82, 2.24) is 0 Å². The molecule has 0 unspecified atom stereocenters. The van der Waals surface area contributed by atoms with Crippen LogP contribution in [0.1, 0.15) is 18.1 Å². The van der Waals surface area contributed by atoms with Gasteiger partial charge in [0.15, 0.2) is 9.84 Å². The molecular weight excluding hydrogens is 273 g/mol. The summed E-state index contributed by atoms with van der Waals surface area (Å²) in [4.78, 5) is 11.1. The van der Waals surface area contributed by atoms with Crippen LogP contribution in [0.15, 0.2) is 18.2 Å². The zero-order valence-electron chi connectivity index (χ0n) is 10.2. The van der Waals surface area contributed by atoms with E-state index in [1.165, 1.54) is 6.07 Å². The van der Waals surface area contributed by atoms with Crippen LogP contribution >= 0.6 is 0 Å². The lowest BCUT2D eigenvalue weighted by Gasteiger charge is -2.05. The second-order valence-corrected chi connectivity index (χ2v) is 5.83. The van der Waals surface area contributed by atoms with E-state index in [0.29, 0.717) is 0 Å². The normalized spacial score (nSPS) is 10.8. The van der Waals surface area contributed by atoms with Gasteiger partial charge in [-0.3, -0.25) is 4.79 Å². The Morgan fingerprint density at radius 2 is 2.16 bits per heavy atom. The number of ether oxygens (including phenoxy) is 1. The Balaban J connectivity index is 2.84. The lowest BCUT2D eigenvalue weighted by Crippen LogP contribution is -2.20. The molecule has 19 heavy (non-hydrogen) atoms. The zero-order valence-corrected chi connectivity index (χ0v) is 11.0. The van der Waals surface area contributed by atoms with Crippen molar-refractivity contribution in [2.24, 2.45) is 0 Å². The summed E-state index contributed by atoms with van der Waals surface area (Å²) < 4.78 is 41.0. The molecule has 0 saturated heterocycles. The van der Waals surface area contributed by atoms with Crippen LogP contribution in [0.4, 0.5) is 4.39 Å². The van der Waals surface area contributed by atoms with Gasteiger partial charge in [0.2, 0.25) is 0 Å². The summed E-state index contributed by atoms with van der Waals surface area (Å²) in [5, 5.41) is 8.64. The quantitative estimate of drug-likeness (QED) is 0.758. The number of benzene rings is 1. The second-order valence-electron chi connectivity index (χ2n) is 3.76. The highest BCUT2D eigenvalue weighted by molar-refractivity contribution is 7.91. The summed E-state index contributed by atoms with van der Waals surface area (Å²) >= 11 is 0. The predicted octanol–water partition coefficient (Wildman–Crippen LogP) is 1.18. The van der Waals surface area contributed by atoms with E-state index in [-0.39, 0.29) is 17.7 Å². The SMILES string of the molecule is CCOC(=O)CS(=O)(=O)Cc1ccc(F)c(C#N)c1. The molecule has 1 aromatic carbocycles. The van der Waals surface area contributed by atoms with E-state index in [1.54, 1.807) is 13.0 Å². The molecule has 1 rings (SSSR count). The van der Waals surface area contributed by atoms with Crippen molar-refractivity contribution in [1.29, 1.82) is 5.26 Å². The Bertz CT molecular complexity index is 619. The predicted molar refractivity (Wildman–Crippen MR) is 65.2 cm³/mol. The van der Waals surface area contributed by atoms with E-state index >= 15 is 0 Å². The molecule has 7 heteroatoms. The van der Waals surface area contributed by atoms with Crippen LogP contribution in [0.25, 0.3) is 0 Å². The van der Waals surface area contributed by atoms with E-state index in [4.69, 9.17) is 5.26 Å². The summed E-state index contributed by atoms with van der Waals surface area (Å²) in [6.45, 7) is 1.67. The number of esters is 1. The van der Waals surface area contributed by atoms with E-state index in [1.807, 2.05) is 0 Å². The number of sulfone groups is 1. The van der Waals surface area contributed by atoms with Crippen molar-refractivity contribution >= 4 is 15.8 Å². The number of carbonyl (C=O) groups is 1. The van der Waals surface area contributed by atoms with E-state index in [0.717, 1.165) is 12.1 Å². The molecule has 1 aromatic rings. The molecule has 102 valence electrons. The van der Waals surface area contributed by atoms with Crippen molar-refractivity contribution in [3.63, 3.8) is 0 Å². The molecule has 0 bridgehead atoms. The summed E-state index contributed by atoms with van der Waals surface area (Å²) in [6.07, 6.45) is 0. The van der Waals surface area contributed by atoms with Gasteiger partial charge in [0.05, 0.1) is 17.9 Å². The average Bonchev–Trinajstić information content (AvgIpc) is 2.30. The van der Waals surface area contributed by atoms with Crippen molar-refractivity contribution < 1.29 is 22.3 Å². The Labute approximate surface area is 110 Å². The minimum Gasteiger partial charge on any atom is -0.465 e. The molecule has 0 N–H and O–H groups in total. The topological polar surface area (TPSA) is 84.2 Å². The van der Waals surface area contributed by atoms with Gasteiger partial charge >= 0.3 is 5.97 Å². The molecule has 0 radical (unpaired) electrons.